The number of amides is 1. The largest absolute Gasteiger partial charge is 0.378 e. The van der Waals surface area contributed by atoms with Crippen molar-refractivity contribution >= 4 is 11.9 Å². The molecule has 4 heterocycles. The molecule has 2 aliphatic heterocycles. The smallest absolute Gasteiger partial charge is 0.233 e. The van der Waals surface area contributed by atoms with Crippen LogP contribution in [0.25, 0.3) is 22.6 Å². The molecule has 2 saturated heterocycles. The molecular formula is C26H29FN6O4. The van der Waals surface area contributed by atoms with Gasteiger partial charge in [-0.2, -0.15) is 0 Å². The normalized spacial score (nSPS) is 24.2. The zero-order valence-corrected chi connectivity index (χ0v) is 20.6. The molecule has 0 spiro atoms. The lowest BCUT2D eigenvalue weighted by atomic mass is 9.90. The quantitative estimate of drug-likeness (QED) is 0.522. The summed E-state index contributed by atoms with van der Waals surface area (Å²) >= 11 is 0. The van der Waals surface area contributed by atoms with Crippen LogP contribution >= 0.6 is 0 Å². The van der Waals surface area contributed by atoms with Gasteiger partial charge in [0.05, 0.1) is 43.2 Å². The van der Waals surface area contributed by atoms with E-state index in [4.69, 9.17) is 19.2 Å². The minimum atomic E-state index is -0.793. The van der Waals surface area contributed by atoms with Crippen molar-refractivity contribution in [3.05, 3.63) is 48.2 Å². The number of imidazole rings is 1. The molecule has 1 saturated carbocycles. The number of carbonyl (C=O) groups excluding carboxylic acids is 1. The van der Waals surface area contributed by atoms with E-state index in [1.54, 1.807) is 29.3 Å². The van der Waals surface area contributed by atoms with Crippen LogP contribution in [0.3, 0.4) is 0 Å². The number of nitrogens with one attached hydrogen (secondary N) is 2. The molecule has 6 rings (SSSR count). The van der Waals surface area contributed by atoms with Crippen LogP contribution in [0, 0.1) is 11.2 Å². The Morgan fingerprint density at radius 3 is 2.54 bits per heavy atom. The first-order chi connectivity index (χ1) is 18.0. The molecule has 10 nitrogen and oxygen atoms in total. The number of hydrogen-bond acceptors (Lipinski definition) is 8. The molecule has 2 aromatic heterocycles. The third-order valence-corrected chi connectivity index (χ3v) is 6.81. The fourth-order valence-corrected chi connectivity index (χ4v) is 4.52. The number of morpholine rings is 1. The summed E-state index contributed by atoms with van der Waals surface area (Å²) in [6, 6.07) is 8.35. The van der Waals surface area contributed by atoms with Gasteiger partial charge in [-0.1, -0.05) is 0 Å². The average Bonchev–Trinajstić information content (AvgIpc) is 3.64. The SMILES string of the molecule is C[C@]1(C(=O)N2CCOCC2)CO[C@@H](c2nc(-c3ccnc(NC4CC4)n3)c(-c3ccc(F)cc3)[nH]2)OC1. The van der Waals surface area contributed by atoms with Gasteiger partial charge in [-0.05, 0) is 50.1 Å². The topological polar surface area (TPSA) is 114 Å². The summed E-state index contributed by atoms with van der Waals surface area (Å²) < 4.78 is 31.1. The molecule has 37 heavy (non-hydrogen) atoms. The van der Waals surface area contributed by atoms with Gasteiger partial charge >= 0.3 is 0 Å². The number of nitrogens with zero attached hydrogens (tertiary/aromatic N) is 4. The molecule has 3 fully saturated rings. The van der Waals surface area contributed by atoms with Crippen LogP contribution in [0.5, 0.6) is 0 Å². The van der Waals surface area contributed by atoms with Gasteiger partial charge in [0.1, 0.15) is 11.5 Å². The van der Waals surface area contributed by atoms with Crippen molar-refractivity contribution in [2.75, 3.05) is 44.8 Å². The first kappa shape index (κ1) is 24.0. The molecule has 0 bridgehead atoms. The molecule has 3 aromatic rings. The third-order valence-electron chi connectivity index (χ3n) is 6.81. The summed E-state index contributed by atoms with van der Waals surface area (Å²) in [4.78, 5) is 32.0. The average molecular weight is 509 g/mol. The van der Waals surface area contributed by atoms with Crippen molar-refractivity contribution in [3.63, 3.8) is 0 Å². The molecule has 0 atom stereocenters. The number of carbonyl (C=O) groups is 1. The van der Waals surface area contributed by atoms with Gasteiger partial charge in [0.2, 0.25) is 18.1 Å². The van der Waals surface area contributed by atoms with Crippen molar-refractivity contribution in [1.29, 1.82) is 0 Å². The molecule has 2 N–H and O–H groups in total. The molecule has 11 heteroatoms. The highest BCUT2D eigenvalue weighted by atomic mass is 19.1. The van der Waals surface area contributed by atoms with Gasteiger partial charge in [0, 0.05) is 30.9 Å². The van der Waals surface area contributed by atoms with Crippen molar-refractivity contribution in [3.8, 4) is 22.6 Å². The van der Waals surface area contributed by atoms with Crippen LogP contribution < -0.4 is 5.32 Å². The highest BCUT2D eigenvalue weighted by Gasteiger charge is 2.43. The van der Waals surface area contributed by atoms with E-state index in [-0.39, 0.29) is 24.9 Å². The summed E-state index contributed by atoms with van der Waals surface area (Å²) in [5.74, 6) is 0.659. The predicted octanol–water partition coefficient (Wildman–Crippen LogP) is 3.16. The highest BCUT2D eigenvalue weighted by molar-refractivity contribution is 5.83. The van der Waals surface area contributed by atoms with Gasteiger partial charge in [0.25, 0.3) is 0 Å². The number of anilines is 1. The molecular weight excluding hydrogens is 479 g/mol. The first-order valence-electron chi connectivity index (χ1n) is 12.5. The number of H-pyrrole nitrogens is 1. The second kappa shape index (κ2) is 9.81. The lowest BCUT2D eigenvalue weighted by Gasteiger charge is -2.39. The number of hydrogen-bond donors (Lipinski definition) is 2. The molecule has 194 valence electrons. The summed E-state index contributed by atoms with van der Waals surface area (Å²) in [7, 11) is 0. The number of ether oxygens (including phenoxy) is 3. The monoisotopic (exact) mass is 508 g/mol. The van der Waals surface area contributed by atoms with Crippen molar-refractivity contribution < 1.29 is 23.4 Å². The summed E-state index contributed by atoms with van der Waals surface area (Å²) in [5.41, 5.74) is 1.81. The molecule has 0 unspecified atom stereocenters. The predicted molar refractivity (Wildman–Crippen MR) is 132 cm³/mol. The van der Waals surface area contributed by atoms with Crippen LogP contribution in [-0.2, 0) is 19.0 Å². The van der Waals surface area contributed by atoms with Gasteiger partial charge in [-0.25, -0.2) is 19.3 Å². The maximum absolute atomic E-state index is 13.6. The Morgan fingerprint density at radius 1 is 1.11 bits per heavy atom. The highest BCUT2D eigenvalue weighted by Crippen LogP contribution is 2.36. The molecule has 1 aromatic carbocycles. The zero-order valence-electron chi connectivity index (χ0n) is 20.6. The van der Waals surface area contributed by atoms with E-state index in [9.17, 15) is 9.18 Å². The van der Waals surface area contributed by atoms with E-state index in [1.165, 1.54) is 12.1 Å². The van der Waals surface area contributed by atoms with Crippen molar-refractivity contribution in [1.82, 2.24) is 24.8 Å². The van der Waals surface area contributed by atoms with Crippen LogP contribution in [0.4, 0.5) is 10.3 Å². The van der Waals surface area contributed by atoms with E-state index in [0.717, 1.165) is 18.4 Å². The Labute approximate surface area is 213 Å². The van der Waals surface area contributed by atoms with E-state index in [2.05, 4.69) is 20.3 Å². The standard InChI is InChI=1S/C26H29FN6O4/c1-26(24(34)33-10-12-35-13-11-33)14-36-23(37-15-26)22-31-20(16-2-4-17(27)5-3-16)21(32-22)19-8-9-28-25(30-19)29-18-6-7-18/h2-5,8-9,18,23H,6-7,10-15H2,1H3,(H,31,32)(H,28,29,30)/t23-,26+. The second-order valence-corrected chi connectivity index (χ2v) is 9.96. The Kier molecular flexibility index (Phi) is 6.35. The van der Waals surface area contributed by atoms with Gasteiger partial charge in [0.15, 0.2) is 5.82 Å². The van der Waals surface area contributed by atoms with E-state index < -0.39 is 11.7 Å². The van der Waals surface area contributed by atoms with E-state index in [1.807, 2.05) is 6.92 Å². The second-order valence-electron chi connectivity index (χ2n) is 9.96. The van der Waals surface area contributed by atoms with Crippen LogP contribution in [0.15, 0.2) is 36.5 Å². The Morgan fingerprint density at radius 2 is 1.84 bits per heavy atom. The minimum Gasteiger partial charge on any atom is -0.378 e. The summed E-state index contributed by atoms with van der Waals surface area (Å²) in [6.45, 7) is 4.45. The number of rotatable bonds is 6. The maximum atomic E-state index is 13.6. The van der Waals surface area contributed by atoms with Gasteiger partial charge < -0.3 is 29.4 Å². The van der Waals surface area contributed by atoms with Gasteiger partial charge in [-0.15, -0.1) is 0 Å². The van der Waals surface area contributed by atoms with E-state index in [0.29, 0.717) is 61.2 Å². The Hall–Kier alpha value is -3.41. The van der Waals surface area contributed by atoms with Crippen molar-refractivity contribution in [2.24, 2.45) is 5.41 Å². The zero-order chi connectivity index (χ0) is 25.4. The van der Waals surface area contributed by atoms with Crippen LogP contribution in [-0.4, -0.2) is 76.3 Å². The Balaban J connectivity index is 1.26. The van der Waals surface area contributed by atoms with E-state index >= 15 is 0 Å². The lowest BCUT2D eigenvalue weighted by Crippen LogP contribution is -2.53. The molecule has 1 aliphatic carbocycles. The summed E-state index contributed by atoms with van der Waals surface area (Å²) in [5, 5.41) is 3.31. The minimum absolute atomic E-state index is 0.00179. The van der Waals surface area contributed by atoms with Crippen LogP contribution in [0.2, 0.25) is 0 Å². The van der Waals surface area contributed by atoms with Crippen LogP contribution in [0.1, 0.15) is 31.9 Å². The molecule has 3 aliphatic rings. The summed E-state index contributed by atoms with van der Waals surface area (Å²) in [6.07, 6.45) is 3.10. The number of aromatic nitrogens is 4. The van der Waals surface area contributed by atoms with Gasteiger partial charge in [-0.3, -0.25) is 4.79 Å². The molecule has 1 amide bonds. The Bertz CT molecular complexity index is 1260. The molecule has 0 radical (unpaired) electrons. The first-order valence-corrected chi connectivity index (χ1v) is 12.5. The number of benzene rings is 1. The lowest BCUT2D eigenvalue weighted by molar-refractivity contribution is -0.235. The third kappa shape index (κ3) is 5.07. The number of halogens is 1. The van der Waals surface area contributed by atoms with Crippen molar-refractivity contribution in [2.45, 2.75) is 32.1 Å². The fourth-order valence-electron chi connectivity index (χ4n) is 4.52. The number of aromatic amines is 1. The fraction of sp³-hybridized carbons (Fsp3) is 0.462. The maximum Gasteiger partial charge on any atom is 0.233 e.